The number of nitrogens with one attached hydrogen (secondary N) is 1. The quantitative estimate of drug-likeness (QED) is 0.453. The van der Waals surface area contributed by atoms with Crippen molar-refractivity contribution >= 4 is 0 Å². The van der Waals surface area contributed by atoms with Crippen LogP contribution < -0.4 is 11.3 Å². The second-order valence-corrected chi connectivity index (χ2v) is 3.29. The Hall–Kier alpha value is -0.120. The largest absolute Gasteiger partial charge is 0.382 e. The van der Waals surface area contributed by atoms with E-state index in [1.165, 1.54) is 12.8 Å². The number of methoxy groups -OCH3 is 1. The third-order valence-corrected chi connectivity index (χ3v) is 2.16. The SMILES string of the molecule is CCCCC(CC(C)OC)NN. The van der Waals surface area contributed by atoms with Gasteiger partial charge in [-0.3, -0.25) is 11.3 Å². The number of hydrazine groups is 1. The lowest BCUT2D eigenvalue weighted by Gasteiger charge is -2.18. The molecule has 0 aromatic carbocycles. The van der Waals surface area contributed by atoms with Crippen LogP contribution in [-0.2, 0) is 4.74 Å². The molecule has 0 rings (SSSR count). The molecule has 2 unspecified atom stereocenters. The van der Waals surface area contributed by atoms with Gasteiger partial charge in [0.15, 0.2) is 0 Å². The van der Waals surface area contributed by atoms with Crippen LogP contribution in [0.5, 0.6) is 0 Å². The van der Waals surface area contributed by atoms with E-state index in [4.69, 9.17) is 10.6 Å². The lowest BCUT2D eigenvalue weighted by molar-refractivity contribution is 0.0990. The Kier molecular flexibility index (Phi) is 7.45. The van der Waals surface area contributed by atoms with Gasteiger partial charge < -0.3 is 4.74 Å². The summed E-state index contributed by atoms with van der Waals surface area (Å²) in [5, 5.41) is 0. The van der Waals surface area contributed by atoms with E-state index in [0.29, 0.717) is 12.1 Å². The smallest absolute Gasteiger partial charge is 0.0558 e. The van der Waals surface area contributed by atoms with Crippen LogP contribution in [-0.4, -0.2) is 19.3 Å². The summed E-state index contributed by atoms with van der Waals surface area (Å²) in [7, 11) is 1.73. The molecule has 0 aromatic heterocycles. The number of hydrogen-bond donors (Lipinski definition) is 2. The summed E-state index contributed by atoms with van der Waals surface area (Å²) in [6, 6.07) is 0.403. The molecule has 3 nitrogen and oxygen atoms in total. The molecule has 74 valence electrons. The van der Waals surface area contributed by atoms with Crippen molar-refractivity contribution in [3.05, 3.63) is 0 Å². The predicted octanol–water partition coefficient (Wildman–Crippen LogP) is 1.43. The van der Waals surface area contributed by atoms with E-state index in [1.54, 1.807) is 7.11 Å². The molecule has 0 aliphatic rings. The van der Waals surface area contributed by atoms with Gasteiger partial charge in [0.25, 0.3) is 0 Å². The van der Waals surface area contributed by atoms with Gasteiger partial charge in [-0.2, -0.15) is 0 Å². The summed E-state index contributed by atoms with van der Waals surface area (Å²) in [6.07, 6.45) is 4.88. The molecule has 0 bridgehead atoms. The highest BCUT2D eigenvalue weighted by Crippen LogP contribution is 2.07. The van der Waals surface area contributed by atoms with E-state index in [-0.39, 0.29) is 0 Å². The van der Waals surface area contributed by atoms with Gasteiger partial charge >= 0.3 is 0 Å². The van der Waals surface area contributed by atoms with Gasteiger partial charge in [0, 0.05) is 13.2 Å². The van der Waals surface area contributed by atoms with Gasteiger partial charge in [0.05, 0.1) is 6.10 Å². The molecule has 0 saturated carbocycles. The van der Waals surface area contributed by atoms with Crippen molar-refractivity contribution in [2.75, 3.05) is 7.11 Å². The second-order valence-electron chi connectivity index (χ2n) is 3.29. The summed E-state index contributed by atoms with van der Waals surface area (Å²) in [4.78, 5) is 0. The maximum Gasteiger partial charge on any atom is 0.0558 e. The van der Waals surface area contributed by atoms with Gasteiger partial charge in [-0.15, -0.1) is 0 Å². The third-order valence-electron chi connectivity index (χ3n) is 2.16. The number of hydrogen-bond acceptors (Lipinski definition) is 3. The molecule has 0 saturated heterocycles. The average Bonchev–Trinajstić information content (AvgIpc) is 2.11. The Morgan fingerprint density at radius 1 is 1.50 bits per heavy atom. The first kappa shape index (κ1) is 11.9. The average molecular weight is 174 g/mol. The van der Waals surface area contributed by atoms with E-state index in [2.05, 4.69) is 19.3 Å². The van der Waals surface area contributed by atoms with Crippen LogP contribution in [0.4, 0.5) is 0 Å². The summed E-state index contributed by atoms with van der Waals surface area (Å²) < 4.78 is 5.17. The number of nitrogens with two attached hydrogens (primary N) is 1. The van der Waals surface area contributed by atoms with E-state index >= 15 is 0 Å². The minimum absolute atomic E-state index is 0.294. The van der Waals surface area contributed by atoms with Crippen LogP contribution in [0.25, 0.3) is 0 Å². The monoisotopic (exact) mass is 174 g/mol. The zero-order valence-corrected chi connectivity index (χ0v) is 8.47. The molecule has 0 spiro atoms. The zero-order chi connectivity index (χ0) is 9.40. The summed E-state index contributed by atoms with van der Waals surface area (Å²) >= 11 is 0. The van der Waals surface area contributed by atoms with Gasteiger partial charge in [0.1, 0.15) is 0 Å². The summed E-state index contributed by atoms with van der Waals surface area (Å²) in [6.45, 7) is 4.25. The molecule has 0 radical (unpaired) electrons. The number of ether oxygens (including phenoxy) is 1. The fraction of sp³-hybridized carbons (Fsp3) is 1.00. The lowest BCUT2D eigenvalue weighted by Crippen LogP contribution is -2.37. The molecular formula is C9H22N2O. The predicted molar refractivity (Wildman–Crippen MR) is 51.7 cm³/mol. The normalized spacial score (nSPS) is 16.0. The fourth-order valence-electron chi connectivity index (χ4n) is 1.22. The highest BCUT2D eigenvalue weighted by molar-refractivity contribution is 4.66. The highest BCUT2D eigenvalue weighted by atomic mass is 16.5. The minimum atomic E-state index is 0.294. The standard InChI is InChI=1S/C9H22N2O/c1-4-5-6-9(11-10)7-8(2)12-3/h8-9,11H,4-7,10H2,1-3H3. The first-order chi connectivity index (χ1) is 5.74. The molecule has 0 fully saturated rings. The molecule has 0 aliphatic carbocycles. The van der Waals surface area contributed by atoms with Gasteiger partial charge in [-0.25, -0.2) is 0 Å². The van der Waals surface area contributed by atoms with Gasteiger partial charge in [-0.1, -0.05) is 19.8 Å². The van der Waals surface area contributed by atoms with Crippen molar-refractivity contribution in [2.45, 2.75) is 51.7 Å². The molecule has 2 atom stereocenters. The second kappa shape index (κ2) is 7.53. The summed E-state index contributed by atoms with van der Waals surface area (Å²) in [5.41, 5.74) is 2.82. The van der Waals surface area contributed by atoms with Gasteiger partial charge in [0.2, 0.25) is 0 Å². The number of unbranched alkanes of at least 4 members (excludes halogenated alkanes) is 1. The van der Waals surface area contributed by atoms with E-state index in [9.17, 15) is 0 Å². The van der Waals surface area contributed by atoms with Crippen LogP contribution in [0.15, 0.2) is 0 Å². The molecule has 0 aromatic rings. The minimum Gasteiger partial charge on any atom is -0.382 e. The van der Waals surface area contributed by atoms with Crippen LogP contribution in [0.1, 0.15) is 39.5 Å². The van der Waals surface area contributed by atoms with Crippen molar-refractivity contribution in [3.8, 4) is 0 Å². The van der Waals surface area contributed by atoms with Crippen LogP contribution in [0, 0.1) is 0 Å². The third kappa shape index (κ3) is 5.52. The molecule has 0 heterocycles. The van der Waals surface area contributed by atoms with E-state index < -0.39 is 0 Å². The maximum absolute atomic E-state index is 5.41. The van der Waals surface area contributed by atoms with Crippen molar-refractivity contribution in [1.29, 1.82) is 0 Å². The Bertz CT molecular complexity index is 98.5. The van der Waals surface area contributed by atoms with Crippen molar-refractivity contribution in [1.82, 2.24) is 5.43 Å². The molecule has 3 heteroatoms. The Labute approximate surface area is 75.6 Å². The van der Waals surface area contributed by atoms with Gasteiger partial charge in [-0.05, 0) is 19.8 Å². The number of rotatable bonds is 7. The molecule has 0 aliphatic heterocycles. The molecule has 12 heavy (non-hydrogen) atoms. The maximum atomic E-state index is 5.41. The van der Waals surface area contributed by atoms with Crippen LogP contribution in [0.3, 0.4) is 0 Å². The molecular weight excluding hydrogens is 152 g/mol. The lowest BCUT2D eigenvalue weighted by atomic mass is 10.0. The van der Waals surface area contributed by atoms with Crippen molar-refractivity contribution in [2.24, 2.45) is 5.84 Å². The Morgan fingerprint density at radius 2 is 2.17 bits per heavy atom. The Morgan fingerprint density at radius 3 is 2.58 bits per heavy atom. The fourth-order valence-corrected chi connectivity index (χ4v) is 1.22. The zero-order valence-electron chi connectivity index (χ0n) is 8.47. The van der Waals surface area contributed by atoms with E-state index in [0.717, 1.165) is 12.8 Å². The first-order valence-corrected chi connectivity index (χ1v) is 4.73. The highest BCUT2D eigenvalue weighted by Gasteiger charge is 2.09. The molecule has 0 amide bonds. The first-order valence-electron chi connectivity index (χ1n) is 4.73. The summed E-state index contributed by atoms with van der Waals surface area (Å²) in [5.74, 6) is 5.41. The van der Waals surface area contributed by atoms with E-state index in [1.807, 2.05) is 0 Å². The Balaban J connectivity index is 3.51. The van der Waals surface area contributed by atoms with Crippen molar-refractivity contribution < 1.29 is 4.74 Å². The van der Waals surface area contributed by atoms with Crippen molar-refractivity contribution in [3.63, 3.8) is 0 Å². The van der Waals surface area contributed by atoms with Crippen LogP contribution in [0.2, 0.25) is 0 Å². The van der Waals surface area contributed by atoms with Crippen LogP contribution >= 0.6 is 0 Å². The molecule has 3 N–H and O–H groups in total. The topological polar surface area (TPSA) is 47.3 Å².